The Hall–Kier alpha value is -1.13. The zero-order valence-electron chi connectivity index (χ0n) is 10.9. The van der Waals surface area contributed by atoms with Crippen molar-refractivity contribution in [2.45, 2.75) is 32.0 Å². The Morgan fingerprint density at radius 1 is 1.39 bits per heavy atom. The molecule has 2 unspecified atom stereocenters. The van der Waals surface area contributed by atoms with Gasteiger partial charge in [0, 0.05) is 12.6 Å². The lowest BCUT2D eigenvalue weighted by atomic mass is 10.2. The predicted octanol–water partition coefficient (Wildman–Crippen LogP) is 2.28. The van der Waals surface area contributed by atoms with Gasteiger partial charge < -0.3 is 14.8 Å². The van der Waals surface area contributed by atoms with Crippen molar-refractivity contribution in [3.63, 3.8) is 0 Å². The van der Waals surface area contributed by atoms with Crippen molar-refractivity contribution in [3.05, 3.63) is 29.6 Å². The van der Waals surface area contributed by atoms with Gasteiger partial charge in [0.15, 0.2) is 0 Å². The largest absolute Gasteiger partial charge is 0.491 e. The number of hydrogen-bond donors (Lipinski definition) is 1. The molecule has 0 aromatic heterocycles. The minimum atomic E-state index is -0.268. The lowest BCUT2D eigenvalue weighted by Crippen LogP contribution is -2.25. The number of ether oxygens (including phenoxy) is 2. The van der Waals surface area contributed by atoms with E-state index in [1.165, 1.54) is 12.1 Å². The molecular weight excluding hydrogens is 233 g/mol. The molecule has 1 aliphatic rings. The number of aryl methyl sites for hydroxylation is 1. The predicted molar refractivity (Wildman–Crippen MR) is 68.5 cm³/mol. The first-order valence-electron chi connectivity index (χ1n) is 6.38. The molecule has 4 heteroatoms. The average molecular weight is 253 g/mol. The van der Waals surface area contributed by atoms with Gasteiger partial charge in [-0.15, -0.1) is 0 Å². The fourth-order valence-corrected chi connectivity index (χ4v) is 2.19. The lowest BCUT2D eigenvalue weighted by Gasteiger charge is -2.15. The van der Waals surface area contributed by atoms with E-state index in [1.807, 2.05) is 14.0 Å². The van der Waals surface area contributed by atoms with Crippen molar-refractivity contribution < 1.29 is 13.9 Å². The molecule has 18 heavy (non-hydrogen) atoms. The Bertz CT molecular complexity index is 397. The Morgan fingerprint density at radius 3 is 2.94 bits per heavy atom. The third-order valence-corrected chi connectivity index (χ3v) is 3.20. The number of nitrogens with one attached hydrogen (secondary N) is 1. The Labute approximate surface area is 107 Å². The van der Waals surface area contributed by atoms with E-state index in [0.717, 1.165) is 24.9 Å². The van der Waals surface area contributed by atoms with E-state index in [-0.39, 0.29) is 18.0 Å². The van der Waals surface area contributed by atoms with Gasteiger partial charge in [0.05, 0.1) is 12.2 Å². The third-order valence-electron chi connectivity index (χ3n) is 3.20. The fourth-order valence-electron chi connectivity index (χ4n) is 2.19. The van der Waals surface area contributed by atoms with Crippen LogP contribution < -0.4 is 10.1 Å². The summed E-state index contributed by atoms with van der Waals surface area (Å²) in [6, 6.07) is 4.59. The van der Waals surface area contributed by atoms with Gasteiger partial charge in [-0.2, -0.15) is 0 Å². The molecule has 0 aliphatic carbocycles. The highest BCUT2D eigenvalue weighted by molar-refractivity contribution is 5.32. The summed E-state index contributed by atoms with van der Waals surface area (Å²) in [7, 11) is 1.92. The summed E-state index contributed by atoms with van der Waals surface area (Å²) in [6.45, 7) is 3.27. The molecule has 0 spiro atoms. The van der Waals surface area contributed by atoms with Crippen molar-refractivity contribution in [3.8, 4) is 5.75 Å². The number of benzene rings is 1. The van der Waals surface area contributed by atoms with E-state index in [2.05, 4.69) is 5.32 Å². The molecule has 1 aromatic carbocycles. The number of halogens is 1. The quantitative estimate of drug-likeness (QED) is 0.873. The maximum Gasteiger partial charge on any atom is 0.126 e. The zero-order valence-corrected chi connectivity index (χ0v) is 10.9. The van der Waals surface area contributed by atoms with Crippen LogP contribution in [-0.2, 0) is 4.74 Å². The number of rotatable bonds is 5. The highest BCUT2D eigenvalue weighted by Gasteiger charge is 2.25. The monoisotopic (exact) mass is 253 g/mol. The van der Waals surface area contributed by atoms with Gasteiger partial charge in [-0.3, -0.25) is 0 Å². The molecule has 3 nitrogen and oxygen atoms in total. The molecule has 1 fully saturated rings. The minimum absolute atomic E-state index is 0.117. The summed E-state index contributed by atoms with van der Waals surface area (Å²) in [5, 5.41) is 3.11. The van der Waals surface area contributed by atoms with Gasteiger partial charge >= 0.3 is 0 Å². The number of likely N-dealkylation sites (N-methyl/N-ethyl adjacent to an activating group) is 1. The van der Waals surface area contributed by atoms with E-state index < -0.39 is 0 Å². The topological polar surface area (TPSA) is 30.5 Å². The molecule has 1 aromatic rings. The molecule has 0 radical (unpaired) electrons. The second-order valence-corrected chi connectivity index (χ2v) is 4.74. The van der Waals surface area contributed by atoms with E-state index in [0.29, 0.717) is 12.4 Å². The van der Waals surface area contributed by atoms with Crippen LogP contribution in [0, 0.1) is 12.7 Å². The van der Waals surface area contributed by atoms with Crippen LogP contribution >= 0.6 is 0 Å². The van der Waals surface area contributed by atoms with Crippen LogP contribution in [0.25, 0.3) is 0 Å². The van der Waals surface area contributed by atoms with Crippen LogP contribution in [0.2, 0.25) is 0 Å². The summed E-state index contributed by atoms with van der Waals surface area (Å²) in [5.74, 6) is 0.340. The second-order valence-electron chi connectivity index (χ2n) is 4.74. The van der Waals surface area contributed by atoms with Crippen molar-refractivity contribution in [1.29, 1.82) is 0 Å². The molecule has 0 amide bonds. The summed E-state index contributed by atoms with van der Waals surface area (Å²) in [5.41, 5.74) is 0.946. The Kier molecular flexibility index (Phi) is 4.55. The summed E-state index contributed by atoms with van der Waals surface area (Å²) < 4.78 is 24.5. The first-order valence-corrected chi connectivity index (χ1v) is 6.38. The van der Waals surface area contributed by atoms with Crippen LogP contribution in [0.3, 0.4) is 0 Å². The molecule has 1 saturated heterocycles. The maximum absolute atomic E-state index is 13.1. The molecule has 0 bridgehead atoms. The van der Waals surface area contributed by atoms with Gasteiger partial charge in [-0.1, -0.05) is 6.07 Å². The smallest absolute Gasteiger partial charge is 0.126 e. The fraction of sp³-hybridized carbons (Fsp3) is 0.571. The van der Waals surface area contributed by atoms with E-state index in [4.69, 9.17) is 9.47 Å². The molecule has 1 aliphatic heterocycles. The summed E-state index contributed by atoms with van der Waals surface area (Å²) in [4.78, 5) is 0. The molecule has 2 rings (SSSR count). The Balaban J connectivity index is 1.83. The molecular formula is C14H20FNO2. The molecule has 2 atom stereocenters. The van der Waals surface area contributed by atoms with E-state index in [1.54, 1.807) is 6.07 Å². The van der Waals surface area contributed by atoms with Crippen molar-refractivity contribution >= 4 is 0 Å². The van der Waals surface area contributed by atoms with E-state index in [9.17, 15) is 4.39 Å². The van der Waals surface area contributed by atoms with Crippen LogP contribution in [0.1, 0.15) is 18.4 Å². The minimum Gasteiger partial charge on any atom is -0.491 e. The third kappa shape index (κ3) is 3.43. The molecule has 1 heterocycles. The van der Waals surface area contributed by atoms with Gasteiger partial charge in [-0.25, -0.2) is 4.39 Å². The highest BCUT2D eigenvalue weighted by Crippen LogP contribution is 2.23. The normalized spacial score (nSPS) is 23.3. The van der Waals surface area contributed by atoms with Gasteiger partial charge in [0.1, 0.15) is 18.2 Å². The highest BCUT2D eigenvalue weighted by atomic mass is 19.1. The van der Waals surface area contributed by atoms with Crippen LogP contribution in [0.5, 0.6) is 5.75 Å². The molecule has 1 N–H and O–H groups in total. The van der Waals surface area contributed by atoms with Gasteiger partial charge in [0.25, 0.3) is 0 Å². The second kappa shape index (κ2) is 6.16. The summed E-state index contributed by atoms with van der Waals surface area (Å²) >= 11 is 0. The molecule has 100 valence electrons. The van der Waals surface area contributed by atoms with E-state index >= 15 is 0 Å². The van der Waals surface area contributed by atoms with Crippen LogP contribution in [0.4, 0.5) is 4.39 Å². The first kappa shape index (κ1) is 13.3. The van der Waals surface area contributed by atoms with Gasteiger partial charge in [-0.05, 0) is 38.4 Å². The van der Waals surface area contributed by atoms with Crippen molar-refractivity contribution in [2.24, 2.45) is 0 Å². The maximum atomic E-state index is 13.1. The number of hydrogen-bond acceptors (Lipinski definition) is 3. The zero-order chi connectivity index (χ0) is 13.0. The standard InChI is InChI=1S/C14H20FNO2/c1-10-3-4-11(15)7-14(10)17-9-13-6-5-12(18-13)8-16-2/h3-4,7,12-13,16H,5-6,8-9H2,1-2H3. The van der Waals surface area contributed by atoms with Crippen LogP contribution in [-0.4, -0.2) is 32.4 Å². The average Bonchev–Trinajstić information content (AvgIpc) is 2.79. The Morgan fingerprint density at radius 2 is 2.17 bits per heavy atom. The SMILES string of the molecule is CNCC1CCC(COc2cc(F)ccc2C)O1. The van der Waals surface area contributed by atoms with Crippen molar-refractivity contribution in [1.82, 2.24) is 5.32 Å². The van der Waals surface area contributed by atoms with Crippen molar-refractivity contribution in [2.75, 3.05) is 20.2 Å². The van der Waals surface area contributed by atoms with Crippen LogP contribution in [0.15, 0.2) is 18.2 Å². The first-order chi connectivity index (χ1) is 8.69. The molecule has 0 saturated carbocycles. The van der Waals surface area contributed by atoms with Gasteiger partial charge in [0.2, 0.25) is 0 Å². The lowest BCUT2D eigenvalue weighted by molar-refractivity contribution is 0.0191. The summed E-state index contributed by atoms with van der Waals surface area (Å²) in [6.07, 6.45) is 2.45.